The van der Waals surface area contributed by atoms with Crippen molar-refractivity contribution in [2.45, 2.75) is 51.4 Å². The second-order valence-electron chi connectivity index (χ2n) is 4.82. The van der Waals surface area contributed by atoms with E-state index in [0.717, 1.165) is 6.42 Å². The van der Waals surface area contributed by atoms with Gasteiger partial charge in [0.1, 0.15) is 0 Å². The molecule has 1 aromatic rings. The lowest BCUT2D eigenvalue weighted by Crippen LogP contribution is -2.16. The van der Waals surface area contributed by atoms with Gasteiger partial charge in [0, 0.05) is 0 Å². The first-order valence-corrected chi connectivity index (χ1v) is 5.84. The minimum atomic E-state index is 0.477. The van der Waals surface area contributed by atoms with Gasteiger partial charge in [-0.25, -0.2) is 0 Å². The van der Waals surface area contributed by atoms with E-state index in [1.807, 2.05) is 0 Å². The van der Waals surface area contributed by atoms with Gasteiger partial charge in [-0.3, -0.25) is 0 Å². The molecule has 0 atom stereocenters. The maximum absolute atomic E-state index is 2.43. The van der Waals surface area contributed by atoms with Gasteiger partial charge in [0.25, 0.3) is 0 Å². The summed E-state index contributed by atoms with van der Waals surface area (Å²) in [6, 6.07) is 9.18. The van der Waals surface area contributed by atoms with Gasteiger partial charge in [-0.15, -0.1) is 0 Å². The Bertz CT molecular complexity index is 306. The minimum Gasteiger partial charge on any atom is -0.0617 e. The van der Waals surface area contributed by atoms with Crippen LogP contribution in [-0.4, -0.2) is 0 Å². The summed E-state index contributed by atoms with van der Waals surface area (Å²) in [6.45, 7) is 4.66. The van der Waals surface area contributed by atoms with Crippen molar-refractivity contribution in [1.29, 1.82) is 0 Å². The molecule has 1 aromatic carbocycles. The number of aryl methyl sites for hydroxylation is 1. The van der Waals surface area contributed by atoms with Crippen LogP contribution >= 0.6 is 0 Å². The fraction of sp³-hybridized carbons (Fsp3) is 0.571. The molecule has 1 aliphatic carbocycles. The molecule has 1 fully saturated rings. The third-order valence-electron chi connectivity index (χ3n) is 3.74. The Morgan fingerprint density at radius 1 is 1.21 bits per heavy atom. The highest BCUT2D eigenvalue weighted by molar-refractivity contribution is 5.30. The lowest BCUT2D eigenvalue weighted by atomic mass is 9.80. The van der Waals surface area contributed by atoms with Crippen LogP contribution in [0, 0.1) is 0 Å². The summed E-state index contributed by atoms with van der Waals surface area (Å²) < 4.78 is 0. The summed E-state index contributed by atoms with van der Waals surface area (Å²) in [5.41, 5.74) is 3.52. The SMILES string of the molecule is CCc1cccc(C2(C)CCCC2)c1. The second-order valence-corrected chi connectivity index (χ2v) is 4.82. The molecule has 0 bridgehead atoms. The van der Waals surface area contributed by atoms with Crippen molar-refractivity contribution in [3.63, 3.8) is 0 Å². The summed E-state index contributed by atoms with van der Waals surface area (Å²) in [4.78, 5) is 0. The van der Waals surface area contributed by atoms with Crippen molar-refractivity contribution in [3.05, 3.63) is 35.4 Å². The zero-order valence-corrected chi connectivity index (χ0v) is 9.34. The first-order valence-electron chi connectivity index (χ1n) is 5.84. The van der Waals surface area contributed by atoms with Gasteiger partial charge in [0.15, 0.2) is 0 Å². The lowest BCUT2D eigenvalue weighted by Gasteiger charge is -2.24. The lowest BCUT2D eigenvalue weighted by molar-refractivity contribution is 0.491. The van der Waals surface area contributed by atoms with Crippen LogP contribution in [0.15, 0.2) is 24.3 Å². The molecule has 0 amide bonds. The quantitative estimate of drug-likeness (QED) is 0.656. The molecule has 2 rings (SSSR count). The normalized spacial score (nSPS) is 19.9. The molecule has 0 unspecified atom stereocenters. The zero-order chi connectivity index (χ0) is 10.0. The molecule has 14 heavy (non-hydrogen) atoms. The maximum atomic E-state index is 2.43. The van der Waals surface area contributed by atoms with E-state index in [1.165, 1.54) is 31.2 Å². The number of benzene rings is 1. The van der Waals surface area contributed by atoms with Crippen molar-refractivity contribution in [2.75, 3.05) is 0 Å². The molecule has 0 nitrogen and oxygen atoms in total. The van der Waals surface area contributed by atoms with E-state index < -0.39 is 0 Å². The summed E-state index contributed by atoms with van der Waals surface area (Å²) in [6.07, 6.45) is 6.73. The van der Waals surface area contributed by atoms with E-state index >= 15 is 0 Å². The number of hydrogen-bond acceptors (Lipinski definition) is 0. The topological polar surface area (TPSA) is 0 Å². The van der Waals surface area contributed by atoms with E-state index in [4.69, 9.17) is 0 Å². The van der Waals surface area contributed by atoms with E-state index in [9.17, 15) is 0 Å². The summed E-state index contributed by atoms with van der Waals surface area (Å²) in [7, 11) is 0. The van der Waals surface area contributed by atoms with Gasteiger partial charge < -0.3 is 0 Å². The Hall–Kier alpha value is -0.780. The predicted molar refractivity (Wildman–Crippen MR) is 61.6 cm³/mol. The predicted octanol–water partition coefficient (Wildman–Crippen LogP) is 4.08. The fourth-order valence-electron chi connectivity index (χ4n) is 2.61. The molecular formula is C14H20. The molecule has 0 aliphatic heterocycles. The van der Waals surface area contributed by atoms with Crippen LogP contribution in [-0.2, 0) is 11.8 Å². The molecule has 76 valence electrons. The second kappa shape index (κ2) is 3.76. The van der Waals surface area contributed by atoms with Crippen LogP contribution in [0.4, 0.5) is 0 Å². The van der Waals surface area contributed by atoms with Gasteiger partial charge in [-0.1, -0.05) is 51.0 Å². The summed E-state index contributed by atoms with van der Waals surface area (Å²) in [5.74, 6) is 0. The van der Waals surface area contributed by atoms with Gasteiger partial charge >= 0.3 is 0 Å². The molecule has 0 spiro atoms. The van der Waals surface area contributed by atoms with Crippen molar-refractivity contribution in [3.8, 4) is 0 Å². The van der Waals surface area contributed by atoms with Crippen molar-refractivity contribution < 1.29 is 0 Å². The van der Waals surface area contributed by atoms with Gasteiger partial charge in [-0.2, -0.15) is 0 Å². The van der Waals surface area contributed by atoms with Gasteiger partial charge in [0.2, 0.25) is 0 Å². The summed E-state index contributed by atoms with van der Waals surface area (Å²) >= 11 is 0. The zero-order valence-electron chi connectivity index (χ0n) is 9.34. The summed E-state index contributed by atoms with van der Waals surface area (Å²) in [5, 5.41) is 0. The molecule has 1 aliphatic rings. The third kappa shape index (κ3) is 1.70. The van der Waals surface area contributed by atoms with Crippen molar-refractivity contribution in [1.82, 2.24) is 0 Å². The number of rotatable bonds is 2. The molecular weight excluding hydrogens is 168 g/mol. The molecule has 0 radical (unpaired) electrons. The first kappa shape index (κ1) is 9.76. The fourth-order valence-corrected chi connectivity index (χ4v) is 2.61. The highest BCUT2D eigenvalue weighted by Gasteiger charge is 2.30. The Kier molecular flexibility index (Phi) is 2.62. The average Bonchev–Trinajstić information content (AvgIpc) is 2.67. The number of hydrogen-bond donors (Lipinski definition) is 0. The van der Waals surface area contributed by atoms with E-state index in [1.54, 1.807) is 5.56 Å². The maximum Gasteiger partial charge on any atom is -0.00751 e. The molecule has 0 saturated heterocycles. The van der Waals surface area contributed by atoms with Crippen LogP contribution in [0.1, 0.15) is 50.7 Å². The van der Waals surface area contributed by atoms with Crippen molar-refractivity contribution in [2.24, 2.45) is 0 Å². The monoisotopic (exact) mass is 188 g/mol. The smallest absolute Gasteiger partial charge is 0.00751 e. The van der Waals surface area contributed by atoms with E-state index in [2.05, 4.69) is 38.1 Å². The average molecular weight is 188 g/mol. The highest BCUT2D eigenvalue weighted by Crippen LogP contribution is 2.40. The third-order valence-corrected chi connectivity index (χ3v) is 3.74. The van der Waals surface area contributed by atoms with E-state index in [-0.39, 0.29) is 0 Å². The Morgan fingerprint density at radius 2 is 1.93 bits per heavy atom. The molecule has 0 N–H and O–H groups in total. The highest BCUT2D eigenvalue weighted by atomic mass is 14.3. The Morgan fingerprint density at radius 3 is 2.57 bits per heavy atom. The van der Waals surface area contributed by atoms with Crippen LogP contribution in [0.3, 0.4) is 0 Å². The molecule has 0 heteroatoms. The standard InChI is InChI=1S/C14H20/c1-3-12-7-6-8-13(11-12)14(2)9-4-5-10-14/h6-8,11H,3-5,9-10H2,1-2H3. The van der Waals surface area contributed by atoms with Gasteiger partial charge in [0.05, 0.1) is 0 Å². The van der Waals surface area contributed by atoms with Crippen molar-refractivity contribution >= 4 is 0 Å². The van der Waals surface area contributed by atoms with Crippen LogP contribution < -0.4 is 0 Å². The molecule has 1 saturated carbocycles. The van der Waals surface area contributed by atoms with Gasteiger partial charge in [-0.05, 0) is 35.8 Å². The van der Waals surface area contributed by atoms with Crippen LogP contribution in [0.5, 0.6) is 0 Å². The van der Waals surface area contributed by atoms with Crippen LogP contribution in [0.25, 0.3) is 0 Å². The molecule has 0 heterocycles. The minimum absolute atomic E-state index is 0.477. The Labute approximate surface area is 87.3 Å². The molecule has 0 aromatic heterocycles. The van der Waals surface area contributed by atoms with Crippen LogP contribution in [0.2, 0.25) is 0 Å². The van der Waals surface area contributed by atoms with E-state index in [0.29, 0.717) is 5.41 Å². The largest absolute Gasteiger partial charge is 0.0617 e. The Balaban J connectivity index is 2.30. The first-order chi connectivity index (χ1) is 6.74.